The summed E-state index contributed by atoms with van der Waals surface area (Å²) in [6.45, 7) is 0. The summed E-state index contributed by atoms with van der Waals surface area (Å²) in [6.07, 6.45) is 0. The van der Waals surface area contributed by atoms with Gasteiger partial charge in [-0.05, 0) is 70.6 Å². The summed E-state index contributed by atoms with van der Waals surface area (Å²) in [5.74, 6) is 0. The van der Waals surface area contributed by atoms with Crippen molar-refractivity contribution < 1.29 is 48.0 Å². The highest BCUT2D eigenvalue weighted by molar-refractivity contribution is 6.17. The quantitative estimate of drug-likeness (QED) is 0.166. The minimum atomic E-state index is -1.25. The van der Waals surface area contributed by atoms with Gasteiger partial charge in [0, 0.05) is 38.0 Å². The van der Waals surface area contributed by atoms with Gasteiger partial charge in [-0.1, -0.05) is 163 Å². The molecular weight excluding hydrogens is 691 g/mol. The van der Waals surface area contributed by atoms with Crippen LogP contribution in [0.5, 0.6) is 0 Å². The fraction of sp³-hybridized carbons (Fsp3) is 0. The van der Waals surface area contributed by atoms with Gasteiger partial charge in [0.05, 0.1) is 92.5 Å². The van der Waals surface area contributed by atoms with E-state index < -0.39 is 316 Å². The van der Waals surface area contributed by atoms with Gasteiger partial charge in [-0.2, -0.15) is 0 Å². The standard InChI is InChI=1S/C54H35N3/c1-2-14-36(15-3-1)37-28-30-38(31-29-37)39-32-34-40(35-33-39)55-47-22-8-6-18-43(47)45-20-13-27-52(53(45)55)57-50-25-11-7-19-44(50)46-21-12-26-51(54(46)57)56-48-23-9-4-16-41(48)42-17-5-10-24-49(42)56/h1-35H/i1D,2D,3D,4D,5D,6D,7D,8D,9D,10D,11D,12D,13D,14D,15D,16D,17D,18D,19D,20D,21D,22D,23D,24D,25D,26D,27D,28D,29D,30D,31D,32D,33D,34D,35D. The Morgan fingerprint density at radius 2 is 0.579 bits per heavy atom. The van der Waals surface area contributed by atoms with E-state index in [9.17, 15) is 24.7 Å². The summed E-state index contributed by atoms with van der Waals surface area (Å²) >= 11 is 0. The molecule has 0 aliphatic rings. The van der Waals surface area contributed by atoms with Crippen LogP contribution in [-0.2, 0) is 0 Å². The van der Waals surface area contributed by atoms with E-state index in [1.807, 2.05) is 0 Å². The van der Waals surface area contributed by atoms with Crippen LogP contribution in [0.4, 0.5) is 0 Å². The SMILES string of the molecule is [2H]c1c([2H])c([2H])c(-c2c([2H])c([2H])c(-c3c([2H])c([2H])c(-n4c5c([2H])c([2H])c([2H])c([2H])c5c5c([2H])c([2H])c([2H])c(-n6c7c([2H])c([2H])c([2H])c([2H])c7c7c([2H])c([2H])c([2H])c(-n8c9c([2H])c([2H])c([2H])c([2H])c9c9c([2H])c([2H])c([2H])c([2H])c98)c76)c54)c([2H])c3[2H])c([2H])c2[2H])c([2H])c1[2H]. The van der Waals surface area contributed by atoms with Crippen molar-refractivity contribution in [3.63, 3.8) is 0 Å². The Kier molecular flexibility index (Phi) is 2.78. The summed E-state index contributed by atoms with van der Waals surface area (Å²) in [5, 5.41) is -4.17. The molecule has 57 heavy (non-hydrogen) atoms. The Labute approximate surface area is 378 Å². The molecule has 266 valence electrons. The molecule has 0 aliphatic heterocycles. The molecule has 0 fully saturated rings. The number of hydrogen-bond acceptors (Lipinski definition) is 0. The fourth-order valence-electron chi connectivity index (χ4n) is 7.00. The van der Waals surface area contributed by atoms with Crippen LogP contribution in [0.2, 0.25) is 0 Å². The number of nitrogens with zero attached hydrogens (tertiary/aromatic N) is 3. The Bertz CT molecular complexity index is 5420. The first kappa shape index (κ1) is 12.7. The lowest BCUT2D eigenvalue weighted by atomic mass is 10.0. The minimum absolute atomic E-state index is 0.595. The van der Waals surface area contributed by atoms with Gasteiger partial charge >= 0.3 is 0 Å². The zero-order valence-electron chi connectivity index (χ0n) is 63.3. The van der Waals surface area contributed by atoms with Crippen molar-refractivity contribution >= 4 is 65.4 Å². The molecule has 0 amide bonds. The largest absolute Gasteiger partial charge is 0.307 e. The highest BCUT2D eigenvalue weighted by Gasteiger charge is 2.23. The van der Waals surface area contributed by atoms with Crippen LogP contribution < -0.4 is 0 Å². The second kappa shape index (κ2) is 12.5. The Morgan fingerprint density at radius 1 is 0.246 bits per heavy atom. The van der Waals surface area contributed by atoms with Crippen LogP contribution in [0, 0.1) is 0 Å². The molecule has 0 spiro atoms. The van der Waals surface area contributed by atoms with Crippen molar-refractivity contribution in [1.82, 2.24) is 13.7 Å². The minimum Gasteiger partial charge on any atom is -0.307 e. The van der Waals surface area contributed by atoms with Gasteiger partial charge in [0.25, 0.3) is 0 Å². The lowest BCUT2D eigenvalue weighted by Crippen LogP contribution is -2.03. The molecule has 0 radical (unpaired) electrons. The molecule has 0 saturated carbocycles. The predicted octanol–water partition coefficient (Wildman–Crippen LogP) is 14.3. The Balaban J connectivity index is 1.36. The molecule has 12 rings (SSSR count). The summed E-state index contributed by atoms with van der Waals surface area (Å²) in [7, 11) is 0. The highest BCUT2D eigenvalue weighted by atomic mass is 15.1. The van der Waals surface area contributed by atoms with Gasteiger partial charge < -0.3 is 13.7 Å². The van der Waals surface area contributed by atoms with Crippen molar-refractivity contribution in [3.8, 4) is 39.3 Å². The molecule has 9 aromatic carbocycles. The average Bonchev–Trinajstić information content (AvgIpc) is 1.50. The Morgan fingerprint density at radius 3 is 1.09 bits per heavy atom. The number of benzene rings is 9. The van der Waals surface area contributed by atoms with E-state index in [2.05, 4.69) is 0 Å². The van der Waals surface area contributed by atoms with E-state index in [0.717, 1.165) is 4.57 Å². The molecule has 12 aromatic rings. The Hall–Kier alpha value is -7.62. The zero-order chi connectivity index (χ0) is 67.9. The maximum Gasteiger partial charge on any atom is 0.0783 e. The molecule has 0 N–H and O–H groups in total. The summed E-state index contributed by atoms with van der Waals surface area (Å²) in [5.41, 5.74) is -11.3. The van der Waals surface area contributed by atoms with Crippen molar-refractivity contribution in [2.45, 2.75) is 0 Å². The third kappa shape index (κ3) is 4.73. The molecule has 3 heterocycles. The molecule has 0 saturated heterocycles. The van der Waals surface area contributed by atoms with E-state index in [1.54, 1.807) is 0 Å². The van der Waals surface area contributed by atoms with Crippen molar-refractivity contribution in [1.29, 1.82) is 0 Å². The first-order chi connectivity index (χ1) is 42.9. The van der Waals surface area contributed by atoms with Crippen LogP contribution in [0.15, 0.2) is 211 Å². The molecule has 0 bridgehead atoms. The van der Waals surface area contributed by atoms with E-state index >= 15 is 0 Å². The number of fused-ring (bicyclic) bond motifs is 9. The number of hydrogen-bond donors (Lipinski definition) is 0. The van der Waals surface area contributed by atoms with Crippen LogP contribution in [0.3, 0.4) is 0 Å². The van der Waals surface area contributed by atoms with E-state index in [-0.39, 0.29) is 0 Å². The lowest BCUT2D eigenvalue weighted by Gasteiger charge is -2.17. The summed E-state index contributed by atoms with van der Waals surface area (Å²) < 4.78 is 323. The summed E-state index contributed by atoms with van der Waals surface area (Å²) in [4.78, 5) is 0. The number of rotatable bonds is 5. The van der Waals surface area contributed by atoms with E-state index in [4.69, 9.17) is 23.3 Å². The number of aromatic nitrogens is 3. The topological polar surface area (TPSA) is 14.8 Å². The first-order valence-corrected chi connectivity index (χ1v) is 16.8. The van der Waals surface area contributed by atoms with Crippen molar-refractivity contribution in [2.24, 2.45) is 0 Å². The van der Waals surface area contributed by atoms with Gasteiger partial charge in [0.15, 0.2) is 0 Å². The van der Waals surface area contributed by atoms with Gasteiger partial charge in [-0.3, -0.25) is 0 Å². The molecule has 3 aromatic heterocycles. The third-order valence-electron chi connectivity index (χ3n) is 9.33. The molecule has 0 aliphatic carbocycles. The van der Waals surface area contributed by atoms with Crippen LogP contribution in [0.1, 0.15) is 48.0 Å². The molecule has 0 atom stereocenters. The smallest absolute Gasteiger partial charge is 0.0783 e. The van der Waals surface area contributed by atoms with E-state index in [0.29, 0.717) is 9.13 Å². The number of para-hydroxylation sites is 6. The van der Waals surface area contributed by atoms with Gasteiger partial charge in [-0.15, -0.1) is 0 Å². The highest BCUT2D eigenvalue weighted by Crippen LogP contribution is 2.43. The normalized spacial score (nSPS) is 20.5. The molecule has 3 heteroatoms. The predicted molar refractivity (Wildman–Crippen MR) is 240 cm³/mol. The maximum absolute atomic E-state index is 10.0. The summed E-state index contributed by atoms with van der Waals surface area (Å²) in [6, 6.07) is -36.3. The maximum atomic E-state index is 10.0. The molecule has 0 unspecified atom stereocenters. The molecule has 3 nitrogen and oxygen atoms in total. The monoisotopic (exact) mass is 761 g/mol. The van der Waals surface area contributed by atoms with Crippen LogP contribution in [-0.4, -0.2) is 13.7 Å². The zero-order valence-corrected chi connectivity index (χ0v) is 28.3. The lowest BCUT2D eigenvalue weighted by molar-refractivity contribution is 1.11. The van der Waals surface area contributed by atoms with Crippen LogP contribution in [0.25, 0.3) is 105 Å². The van der Waals surface area contributed by atoms with Crippen molar-refractivity contribution in [3.05, 3.63) is 211 Å². The second-order valence-electron chi connectivity index (χ2n) is 12.3. The molecular formula is C54H35N3. The third-order valence-corrected chi connectivity index (χ3v) is 9.33. The van der Waals surface area contributed by atoms with Gasteiger partial charge in [0.1, 0.15) is 0 Å². The first-order valence-electron chi connectivity index (χ1n) is 34.3. The second-order valence-corrected chi connectivity index (χ2v) is 12.3. The van der Waals surface area contributed by atoms with Crippen molar-refractivity contribution in [2.75, 3.05) is 0 Å². The fourth-order valence-corrected chi connectivity index (χ4v) is 7.00. The van der Waals surface area contributed by atoms with E-state index in [1.165, 1.54) is 0 Å². The average molecular weight is 761 g/mol. The van der Waals surface area contributed by atoms with Gasteiger partial charge in [0.2, 0.25) is 0 Å². The van der Waals surface area contributed by atoms with Crippen LogP contribution >= 0.6 is 0 Å². The van der Waals surface area contributed by atoms with Gasteiger partial charge in [-0.25, -0.2) is 0 Å².